The van der Waals surface area contributed by atoms with Gasteiger partial charge >= 0.3 is 0 Å². The zero-order valence-electron chi connectivity index (χ0n) is 6.46. The molecule has 0 aliphatic carbocycles. The highest BCUT2D eigenvalue weighted by atomic mass is 14.7. The van der Waals surface area contributed by atoms with Gasteiger partial charge in [-0.2, -0.15) is 0 Å². The second kappa shape index (κ2) is 2.38. The number of H-pyrrole nitrogens is 1. The van der Waals surface area contributed by atoms with Gasteiger partial charge in [0.15, 0.2) is 0 Å². The maximum Gasteiger partial charge on any atom is 0.0494 e. The summed E-state index contributed by atoms with van der Waals surface area (Å²) in [5.74, 6) is 0. The Labute approximate surface area is 65.3 Å². The molecule has 0 spiro atoms. The van der Waals surface area contributed by atoms with Gasteiger partial charge in [-0.3, -0.25) is 4.98 Å². The van der Waals surface area contributed by atoms with E-state index in [2.05, 4.69) is 23.0 Å². The molecule has 2 aromatic heterocycles. The van der Waals surface area contributed by atoms with Gasteiger partial charge in [-0.25, -0.2) is 0 Å². The summed E-state index contributed by atoms with van der Waals surface area (Å²) in [6, 6.07) is 4.07. The van der Waals surface area contributed by atoms with Crippen LogP contribution in [0.2, 0.25) is 0 Å². The second-order valence-electron chi connectivity index (χ2n) is 2.55. The smallest absolute Gasteiger partial charge is 0.0494 e. The van der Waals surface area contributed by atoms with Gasteiger partial charge in [0.05, 0.1) is 0 Å². The summed E-state index contributed by atoms with van der Waals surface area (Å²) in [7, 11) is 0. The van der Waals surface area contributed by atoms with Gasteiger partial charge in [-0.15, -0.1) is 0 Å². The van der Waals surface area contributed by atoms with Gasteiger partial charge in [0.25, 0.3) is 0 Å². The number of pyridine rings is 1. The predicted octanol–water partition coefficient (Wildman–Crippen LogP) is 2.13. The topological polar surface area (TPSA) is 28.7 Å². The Morgan fingerprint density at radius 2 is 2.36 bits per heavy atom. The first kappa shape index (κ1) is 6.40. The Bertz CT molecular complexity index is 362. The van der Waals surface area contributed by atoms with Crippen molar-refractivity contribution < 1.29 is 0 Å². The van der Waals surface area contributed by atoms with Crippen LogP contribution in [0.15, 0.2) is 24.5 Å². The minimum absolute atomic E-state index is 0.995. The van der Waals surface area contributed by atoms with Crippen molar-refractivity contribution in [2.45, 2.75) is 13.3 Å². The fraction of sp³-hybridized carbons (Fsp3) is 0.222. The molecule has 0 fully saturated rings. The van der Waals surface area contributed by atoms with Crippen molar-refractivity contribution in [3.8, 4) is 0 Å². The molecule has 0 saturated heterocycles. The average molecular weight is 146 g/mol. The molecule has 0 radical (unpaired) electrons. The molecular formula is C9H10N2. The molecular weight excluding hydrogens is 136 g/mol. The highest BCUT2D eigenvalue weighted by Crippen LogP contribution is 2.14. The number of nitrogens with one attached hydrogen (secondary N) is 1. The summed E-state index contributed by atoms with van der Waals surface area (Å²) in [4.78, 5) is 7.43. The van der Waals surface area contributed by atoms with Crippen molar-refractivity contribution in [3.05, 3.63) is 30.2 Å². The van der Waals surface area contributed by atoms with Crippen LogP contribution < -0.4 is 0 Å². The van der Waals surface area contributed by atoms with E-state index < -0.39 is 0 Å². The van der Waals surface area contributed by atoms with Gasteiger partial charge < -0.3 is 4.98 Å². The largest absolute Gasteiger partial charge is 0.361 e. The molecule has 1 N–H and O–H groups in total. The Morgan fingerprint density at radius 3 is 3.18 bits per heavy atom. The fourth-order valence-corrected chi connectivity index (χ4v) is 1.32. The molecule has 0 atom stereocenters. The minimum atomic E-state index is 0.995. The third kappa shape index (κ3) is 0.909. The van der Waals surface area contributed by atoms with E-state index in [1.165, 1.54) is 16.6 Å². The van der Waals surface area contributed by atoms with Crippen LogP contribution in [0.1, 0.15) is 12.6 Å². The summed E-state index contributed by atoms with van der Waals surface area (Å²) in [6.45, 7) is 2.12. The first-order chi connectivity index (χ1) is 5.42. The molecule has 0 unspecified atom stereocenters. The van der Waals surface area contributed by atoms with E-state index in [9.17, 15) is 0 Å². The maximum atomic E-state index is 4.28. The van der Waals surface area contributed by atoms with Gasteiger partial charge in [-0.05, 0) is 18.6 Å². The van der Waals surface area contributed by atoms with Crippen molar-refractivity contribution in [2.24, 2.45) is 0 Å². The summed E-state index contributed by atoms with van der Waals surface area (Å²) in [5.41, 5.74) is 2.35. The Balaban J connectivity index is 2.79. The Hall–Kier alpha value is -1.31. The normalized spacial score (nSPS) is 10.6. The molecule has 0 amide bonds. The monoisotopic (exact) mass is 146 g/mol. The van der Waals surface area contributed by atoms with Crippen molar-refractivity contribution >= 4 is 10.9 Å². The third-order valence-electron chi connectivity index (χ3n) is 1.90. The quantitative estimate of drug-likeness (QED) is 0.656. The lowest BCUT2D eigenvalue weighted by Gasteiger charge is -1.95. The summed E-state index contributed by atoms with van der Waals surface area (Å²) in [6.07, 6.45) is 4.79. The number of aromatic nitrogens is 2. The van der Waals surface area contributed by atoms with E-state index in [-0.39, 0.29) is 0 Å². The van der Waals surface area contributed by atoms with Crippen LogP contribution in [0.3, 0.4) is 0 Å². The standard InChI is InChI=1S/C9H10N2/c1-2-8-7-3-5-11-9(7)4-6-10-8/h3-6,11H,2H2,1H3. The van der Waals surface area contributed by atoms with Crippen molar-refractivity contribution in [1.82, 2.24) is 9.97 Å². The molecule has 2 heterocycles. The lowest BCUT2D eigenvalue weighted by Crippen LogP contribution is -1.85. The molecule has 2 rings (SSSR count). The van der Waals surface area contributed by atoms with Crippen LogP contribution in [-0.2, 0) is 6.42 Å². The molecule has 2 heteroatoms. The Morgan fingerprint density at radius 1 is 1.45 bits per heavy atom. The van der Waals surface area contributed by atoms with Crippen molar-refractivity contribution in [1.29, 1.82) is 0 Å². The first-order valence-electron chi connectivity index (χ1n) is 3.83. The summed E-state index contributed by atoms with van der Waals surface area (Å²) < 4.78 is 0. The summed E-state index contributed by atoms with van der Waals surface area (Å²) >= 11 is 0. The SMILES string of the molecule is CCc1nccc2[nH]ccc12. The van der Waals surface area contributed by atoms with Crippen molar-refractivity contribution in [2.75, 3.05) is 0 Å². The molecule has 0 saturated carbocycles. The van der Waals surface area contributed by atoms with Gasteiger partial charge in [0, 0.05) is 29.0 Å². The first-order valence-corrected chi connectivity index (χ1v) is 3.83. The van der Waals surface area contributed by atoms with Crippen LogP contribution >= 0.6 is 0 Å². The Kier molecular flexibility index (Phi) is 1.39. The number of fused-ring (bicyclic) bond motifs is 1. The highest BCUT2D eigenvalue weighted by molar-refractivity contribution is 5.81. The van der Waals surface area contributed by atoms with Crippen LogP contribution in [0.5, 0.6) is 0 Å². The second-order valence-corrected chi connectivity index (χ2v) is 2.55. The van der Waals surface area contributed by atoms with Crippen LogP contribution in [-0.4, -0.2) is 9.97 Å². The molecule has 0 aromatic carbocycles. The fourth-order valence-electron chi connectivity index (χ4n) is 1.32. The van der Waals surface area contributed by atoms with E-state index in [1.54, 1.807) is 0 Å². The van der Waals surface area contributed by atoms with Crippen molar-refractivity contribution in [3.63, 3.8) is 0 Å². The minimum Gasteiger partial charge on any atom is -0.361 e. The average Bonchev–Trinajstić information content (AvgIpc) is 2.50. The molecule has 0 bridgehead atoms. The van der Waals surface area contributed by atoms with Gasteiger partial charge in [0.1, 0.15) is 0 Å². The summed E-state index contributed by atoms with van der Waals surface area (Å²) in [5, 5.41) is 1.25. The predicted molar refractivity (Wildman–Crippen MR) is 45.5 cm³/mol. The van der Waals surface area contributed by atoms with E-state index in [1.807, 2.05) is 18.5 Å². The van der Waals surface area contributed by atoms with E-state index >= 15 is 0 Å². The van der Waals surface area contributed by atoms with Crippen LogP contribution in [0, 0.1) is 0 Å². The highest BCUT2D eigenvalue weighted by Gasteiger charge is 1.98. The zero-order chi connectivity index (χ0) is 7.68. The molecule has 2 nitrogen and oxygen atoms in total. The molecule has 11 heavy (non-hydrogen) atoms. The van der Waals surface area contributed by atoms with Gasteiger partial charge in [-0.1, -0.05) is 6.92 Å². The molecule has 56 valence electrons. The third-order valence-corrected chi connectivity index (χ3v) is 1.90. The number of rotatable bonds is 1. The lowest BCUT2D eigenvalue weighted by molar-refractivity contribution is 1.06. The number of hydrogen-bond donors (Lipinski definition) is 1. The molecule has 2 aromatic rings. The number of hydrogen-bond acceptors (Lipinski definition) is 1. The zero-order valence-corrected chi connectivity index (χ0v) is 6.46. The van der Waals surface area contributed by atoms with Gasteiger partial charge in [0.2, 0.25) is 0 Å². The number of nitrogens with zero attached hydrogens (tertiary/aromatic N) is 1. The number of aromatic amines is 1. The lowest BCUT2D eigenvalue weighted by atomic mass is 10.2. The number of aryl methyl sites for hydroxylation is 1. The molecule has 0 aliphatic rings. The maximum absolute atomic E-state index is 4.28. The van der Waals surface area contributed by atoms with E-state index in [4.69, 9.17) is 0 Å². The van der Waals surface area contributed by atoms with Crippen LogP contribution in [0.4, 0.5) is 0 Å². The van der Waals surface area contributed by atoms with E-state index in [0.717, 1.165) is 6.42 Å². The molecule has 0 aliphatic heterocycles. The van der Waals surface area contributed by atoms with Crippen LogP contribution in [0.25, 0.3) is 10.9 Å². The van der Waals surface area contributed by atoms with E-state index in [0.29, 0.717) is 0 Å².